The van der Waals surface area contributed by atoms with Crippen LogP contribution in [0, 0.1) is 0 Å². The van der Waals surface area contributed by atoms with Crippen molar-refractivity contribution in [3.05, 3.63) is 99.9 Å². The maximum Gasteiger partial charge on any atom is 0.343 e. The number of thioether (sulfide) groups is 1. The van der Waals surface area contributed by atoms with Gasteiger partial charge in [0.05, 0.1) is 35.8 Å². The molecule has 0 aromatic heterocycles. The summed E-state index contributed by atoms with van der Waals surface area (Å²) < 4.78 is 22.3. The van der Waals surface area contributed by atoms with Crippen LogP contribution in [-0.2, 0) is 4.79 Å². The summed E-state index contributed by atoms with van der Waals surface area (Å²) in [6, 6.07) is 23.2. The van der Waals surface area contributed by atoms with Gasteiger partial charge in [-0.25, -0.2) is 4.79 Å². The van der Waals surface area contributed by atoms with Crippen LogP contribution in [0.15, 0.2) is 83.8 Å². The molecule has 0 spiro atoms. The lowest BCUT2D eigenvalue weighted by Gasteiger charge is -2.14. The highest BCUT2D eigenvalue weighted by Gasteiger charge is 2.35. The lowest BCUT2D eigenvalue weighted by Crippen LogP contribution is -2.32. The van der Waals surface area contributed by atoms with Crippen LogP contribution in [0.2, 0.25) is 5.02 Å². The normalized spacial score (nSPS) is 14.0. The zero-order valence-electron chi connectivity index (χ0n) is 22.8. The molecule has 1 aliphatic rings. The van der Waals surface area contributed by atoms with Gasteiger partial charge in [0.2, 0.25) is 0 Å². The largest absolute Gasteiger partial charge is 0.497 e. The van der Waals surface area contributed by atoms with Gasteiger partial charge in [-0.15, -0.1) is 0 Å². The number of benzene rings is 4. The lowest BCUT2D eigenvalue weighted by molar-refractivity contribution is -0.123. The van der Waals surface area contributed by atoms with Crippen LogP contribution < -0.4 is 18.9 Å². The molecule has 0 unspecified atom stereocenters. The second-order valence-corrected chi connectivity index (χ2v) is 10.4. The summed E-state index contributed by atoms with van der Waals surface area (Å²) in [6.45, 7) is 2.30. The van der Waals surface area contributed by atoms with Gasteiger partial charge in [-0.1, -0.05) is 48.0 Å². The molecule has 0 bridgehead atoms. The van der Waals surface area contributed by atoms with E-state index in [9.17, 15) is 14.4 Å². The third kappa shape index (κ3) is 6.37. The number of methoxy groups -OCH3 is 1. The van der Waals surface area contributed by atoms with Gasteiger partial charge in [0.1, 0.15) is 18.1 Å². The van der Waals surface area contributed by atoms with E-state index in [0.29, 0.717) is 22.6 Å². The highest BCUT2D eigenvalue weighted by molar-refractivity contribution is 8.18. The molecule has 214 valence electrons. The van der Waals surface area contributed by atoms with Crippen molar-refractivity contribution in [2.75, 3.05) is 26.9 Å². The first kappa shape index (κ1) is 29.0. The minimum absolute atomic E-state index is 0.0511. The van der Waals surface area contributed by atoms with Crippen molar-refractivity contribution in [1.29, 1.82) is 0 Å². The third-order valence-electron chi connectivity index (χ3n) is 6.35. The van der Waals surface area contributed by atoms with Crippen LogP contribution in [0.3, 0.4) is 0 Å². The second kappa shape index (κ2) is 13.0. The van der Waals surface area contributed by atoms with Crippen molar-refractivity contribution in [3.63, 3.8) is 0 Å². The molecule has 0 saturated carbocycles. The van der Waals surface area contributed by atoms with Gasteiger partial charge in [-0.05, 0) is 78.2 Å². The molecule has 0 radical (unpaired) electrons. The lowest BCUT2D eigenvalue weighted by atomic mass is 10.1. The molecular weight excluding hydrogens is 578 g/mol. The number of hydrogen-bond donors (Lipinski definition) is 0. The van der Waals surface area contributed by atoms with Crippen LogP contribution in [0.25, 0.3) is 16.8 Å². The topological polar surface area (TPSA) is 91.4 Å². The van der Waals surface area contributed by atoms with Gasteiger partial charge < -0.3 is 18.9 Å². The smallest absolute Gasteiger partial charge is 0.343 e. The quantitative estimate of drug-likeness (QED) is 0.106. The number of halogens is 1. The van der Waals surface area contributed by atoms with Crippen molar-refractivity contribution in [2.24, 2.45) is 0 Å². The van der Waals surface area contributed by atoms with Crippen LogP contribution in [0.4, 0.5) is 4.79 Å². The number of hydrogen-bond acceptors (Lipinski definition) is 8. The number of ether oxygens (including phenoxy) is 4. The fourth-order valence-electron chi connectivity index (χ4n) is 4.32. The Balaban J connectivity index is 1.29. The standard InChI is InChI=1S/C32H26ClNO7S/c1-3-39-27-18-20(17-25(33)29(27)41-31(36)22-11-13-23(38-2)14-12-22)19-28-30(35)34(32(37)42-28)15-16-40-26-10-6-8-21-7-4-5-9-24(21)26/h4-14,17-19H,3,15-16H2,1-2H3/b28-19-. The Bertz CT molecular complexity index is 1680. The number of nitrogens with zero attached hydrogens (tertiary/aromatic N) is 1. The molecule has 0 atom stereocenters. The van der Waals surface area contributed by atoms with Crippen molar-refractivity contribution in [3.8, 4) is 23.0 Å². The van der Waals surface area contributed by atoms with Crippen LogP contribution in [0.5, 0.6) is 23.0 Å². The number of fused-ring (bicyclic) bond motifs is 1. The predicted molar refractivity (Wildman–Crippen MR) is 163 cm³/mol. The van der Waals surface area contributed by atoms with Gasteiger partial charge in [-0.2, -0.15) is 0 Å². The average molecular weight is 604 g/mol. The highest BCUT2D eigenvalue weighted by Crippen LogP contribution is 2.39. The van der Waals surface area contributed by atoms with E-state index in [0.717, 1.165) is 27.4 Å². The van der Waals surface area contributed by atoms with Crippen molar-refractivity contribution in [2.45, 2.75) is 6.92 Å². The molecule has 0 aliphatic carbocycles. The Morgan fingerprint density at radius 3 is 2.48 bits per heavy atom. The van der Waals surface area contributed by atoms with E-state index in [4.69, 9.17) is 30.5 Å². The first-order valence-corrected chi connectivity index (χ1v) is 14.3. The molecule has 4 aromatic rings. The number of carbonyl (C=O) groups is 3. The van der Waals surface area contributed by atoms with Crippen molar-refractivity contribution >= 4 is 57.3 Å². The summed E-state index contributed by atoms with van der Waals surface area (Å²) >= 11 is 7.33. The molecule has 1 saturated heterocycles. The number of esters is 1. The zero-order chi connectivity index (χ0) is 29.6. The first-order chi connectivity index (χ1) is 20.4. The van der Waals surface area contributed by atoms with Gasteiger partial charge in [-0.3, -0.25) is 14.5 Å². The highest BCUT2D eigenvalue weighted by atomic mass is 35.5. The van der Waals surface area contributed by atoms with Crippen molar-refractivity contribution < 1.29 is 33.3 Å². The van der Waals surface area contributed by atoms with Crippen molar-refractivity contribution in [1.82, 2.24) is 4.90 Å². The molecule has 2 amide bonds. The molecule has 5 rings (SSSR count). The summed E-state index contributed by atoms with van der Waals surface area (Å²) in [5, 5.41) is 1.70. The Morgan fingerprint density at radius 1 is 0.952 bits per heavy atom. The van der Waals surface area contributed by atoms with E-state index in [1.54, 1.807) is 43.3 Å². The minimum Gasteiger partial charge on any atom is -0.497 e. The first-order valence-electron chi connectivity index (χ1n) is 13.1. The second-order valence-electron chi connectivity index (χ2n) is 9.04. The van der Waals surface area contributed by atoms with E-state index in [1.165, 1.54) is 13.2 Å². The summed E-state index contributed by atoms with van der Waals surface area (Å²) in [5.41, 5.74) is 0.807. The van der Waals surface area contributed by atoms with Gasteiger partial charge in [0, 0.05) is 5.39 Å². The summed E-state index contributed by atoms with van der Waals surface area (Å²) in [7, 11) is 1.53. The van der Waals surface area contributed by atoms with E-state index in [-0.39, 0.29) is 41.2 Å². The molecule has 1 aliphatic heterocycles. The average Bonchev–Trinajstić information content (AvgIpc) is 3.26. The number of imide groups is 1. The zero-order valence-corrected chi connectivity index (χ0v) is 24.4. The summed E-state index contributed by atoms with van der Waals surface area (Å²) in [4.78, 5) is 39.9. The van der Waals surface area contributed by atoms with Gasteiger partial charge in [0.15, 0.2) is 11.5 Å². The fourth-order valence-corrected chi connectivity index (χ4v) is 5.45. The van der Waals surface area contributed by atoms with Crippen LogP contribution >= 0.6 is 23.4 Å². The molecule has 4 aromatic carbocycles. The van der Waals surface area contributed by atoms with Crippen LogP contribution in [-0.4, -0.2) is 48.9 Å². The summed E-state index contributed by atoms with van der Waals surface area (Å²) in [6.07, 6.45) is 1.56. The van der Waals surface area contributed by atoms with E-state index < -0.39 is 17.1 Å². The van der Waals surface area contributed by atoms with E-state index >= 15 is 0 Å². The maximum atomic E-state index is 13.1. The molecule has 42 heavy (non-hydrogen) atoms. The fraction of sp³-hybridized carbons (Fsp3) is 0.156. The Hall–Kier alpha value is -4.47. The molecule has 10 heteroatoms. The number of amides is 2. The Kier molecular flexibility index (Phi) is 9.00. The maximum absolute atomic E-state index is 13.1. The number of rotatable bonds is 10. The SMILES string of the molecule is CCOc1cc(/C=C2\SC(=O)N(CCOc3cccc4ccccc34)C2=O)cc(Cl)c1OC(=O)c1ccc(OC)cc1. The Labute approximate surface area is 251 Å². The minimum atomic E-state index is -0.625. The molecule has 8 nitrogen and oxygen atoms in total. The molecule has 1 fully saturated rings. The van der Waals surface area contributed by atoms with Crippen LogP contribution in [0.1, 0.15) is 22.8 Å². The van der Waals surface area contributed by atoms with E-state index in [2.05, 4.69) is 0 Å². The van der Waals surface area contributed by atoms with Gasteiger partial charge in [0.25, 0.3) is 11.1 Å². The third-order valence-corrected chi connectivity index (χ3v) is 7.53. The molecule has 0 N–H and O–H groups in total. The van der Waals surface area contributed by atoms with E-state index in [1.807, 2.05) is 42.5 Å². The summed E-state index contributed by atoms with van der Waals surface area (Å²) in [5.74, 6) is 0.499. The predicted octanol–water partition coefficient (Wildman–Crippen LogP) is 7.24. The Morgan fingerprint density at radius 2 is 1.71 bits per heavy atom. The molecular formula is C32H26ClNO7S. The van der Waals surface area contributed by atoms with Gasteiger partial charge >= 0.3 is 5.97 Å². The number of carbonyl (C=O) groups excluding carboxylic acids is 3. The molecule has 1 heterocycles. The monoisotopic (exact) mass is 603 g/mol.